The van der Waals surface area contributed by atoms with Crippen LogP contribution in [-0.4, -0.2) is 15.7 Å². The van der Waals surface area contributed by atoms with Gasteiger partial charge < -0.3 is 5.32 Å². The topological polar surface area (TPSA) is 46.9 Å². The molecule has 0 aliphatic heterocycles. The monoisotopic (exact) mass is 299 g/mol. The number of fused-ring (bicyclic) bond motifs is 1. The first-order chi connectivity index (χ1) is 10.6. The second-order valence-corrected chi connectivity index (χ2v) is 5.42. The second-order valence-electron chi connectivity index (χ2n) is 5.42. The zero-order valence-corrected chi connectivity index (χ0v) is 12.5. The number of carbonyl (C=O) groups excluding carboxylic acids is 1. The van der Waals surface area contributed by atoms with Crippen LogP contribution in [0, 0.1) is 5.82 Å². The normalized spacial score (nSPS) is 13.5. The van der Waals surface area contributed by atoms with E-state index in [1.54, 1.807) is 18.2 Å². The highest BCUT2D eigenvalue weighted by molar-refractivity contribution is 5.91. The van der Waals surface area contributed by atoms with Gasteiger partial charge in [-0.25, -0.2) is 4.39 Å². The standard InChI is InChI=1S/C17H18FN3O/c1-21-16(13-6-4-8-15(13)20-21)11-19-17(22)10-9-12-5-2-3-7-14(12)18/h2-3,5,7,9-10H,4,6,8,11H2,1H3,(H,19,22)/b10-9+. The van der Waals surface area contributed by atoms with Gasteiger partial charge in [0.25, 0.3) is 0 Å². The molecule has 4 nitrogen and oxygen atoms in total. The number of amides is 1. The molecule has 1 aliphatic carbocycles. The largest absolute Gasteiger partial charge is 0.347 e. The number of halogens is 1. The molecule has 0 spiro atoms. The summed E-state index contributed by atoms with van der Waals surface area (Å²) in [5.41, 5.74) is 3.87. The number of hydrogen-bond acceptors (Lipinski definition) is 2. The summed E-state index contributed by atoms with van der Waals surface area (Å²) < 4.78 is 15.3. The van der Waals surface area contributed by atoms with E-state index in [9.17, 15) is 9.18 Å². The zero-order valence-electron chi connectivity index (χ0n) is 12.5. The molecule has 1 aromatic carbocycles. The van der Waals surface area contributed by atoms with Gasteiger partial charge in [0.05, 0.1) is 17.9 Å². The molecule has 1 aliphatic rings. The lowest BCUT2D eigenvalue weighted by atomic mass is 10.2. The Morgan fingerprint density at radius 1 is 1.41 bits per heavy atom. The van der Waals surface area contributed by atoms with Gasteiger partial charge in [-0.3, -0.25) is 9.48 Å². The van der Waals surface area contributed by atoms with Crippen LogP contribution < -0.4 is 5.32 Å². The van der Waals surface area contributed by atoms with Crippen LogP contribution in [0.3, 0.4) is 0 Å². The van der Waals surface area contributed by atoms with E-state index < -0.39 is 0 Å². The van der Waals surface area contributed by atoms with Gasteiger partial charge in [-0.15, -0.1) is 0 Å². The third-order valence-corrected chi connectivity index (χ3v) is 3.95. The van der Waals surface area contributed by atoms with Crippen molar-refractivity contribution >= 4 is 12.0 Å². The molecule has 1 N–H and O–H groups in total. The van der Waals surface area contributed by atoms with Gasteiger partial charge in [0.15, 0.2) is 0 Å². The van der Waals surface area contributed by atoms with Crippen LogP contribution in [0.4, 0.5) is 4.39 Å². The molecule has 0 saturated heterocycles. The van der Waals surface area contributed by atoms with Gasteiger partial charge in [-0.2, -0.15) is 5.10 Å². The Morgan fingerprint density at radius 2 is 2.23 bits per heavy atom. The molecular formula is C17H18FN3O. The summed E-state index contributed by atoms with van der Waals surface area (Å²) in [5, 5.41) is 7.31. The van der Waals surface area contributed by atoms with Crippen LogP contribution in [0.5, 0.6) is 0 Å². The molecule has 1 heterocycles. The van der Waals surface area contributed by atoms with Gasteiger partial charge in [-0.05, 0) is 37.0 Å². The first-order valence-corrected chi connectivity index (χ1v) is 7.39. The van der Waals surface area contributed by atoms with E-state index >= 15 is 0 Å². The highest BCUT2D eigenvalue weighted by Crippen LogP contribution is 2.24. The van der Waals surface area contributed by atoms with Gasteiger partial charge in [0, 0.05) is 18.7 Å². The molecule has 3 rings (SSSR count). The van der Waals surface area contributed by atoms with Crippen molar-refractivity contribution in [3.05, 3.63) is 58.7 Å². The molecule has 1 amide bonds. The number of aryl methyl sites for hydroxylation is 2. The quantitative estimate of drug-likeness (QED) is 0.881. The molecule has 0 atom stereocenters. The summed E-state index contributed by atoms with van der Waals surface area (Å²) in [6.07, 6.45) is 6.02. The molecule has 0 bridgehead atoms. The van der Waals surface area contributed by atoms with Gasteiger partial charge >= 0.3 is 0 Å². The van der Waals surface area contributed by atoms with E-state index in [0.717, 1.165) is 30.7 Å². The van der Waals surface area contributed by atoms with Crippen molar-refractivity contribution in [2.45, 2.75) is 25.8 Å². The van der Waals surface area contributed by atoms with Crippen molar-refractivity contribution in [3.8, 4) is 0 Å². The van der Waals surface area contributed by atoms with Crippen molar-refractivity contribution in [2.75, 3.05) is 0 Å². The fraction of sp³-hybridized carbons (Fsp3) is 0.294. The SMILES string of the molecule is Cn1nc2c(c1CNC(=O)/C=C/c1ccccc1F)CCC2. The average Bonchev–Trinajstić information content (AvgIpc) is 3.05. The fourth-order valence-electron chi connectivity index (χ4n) is 2.81. The van der Waals surface area contributed by atoms with Crippen molar-refractivity contribution in [3.63, 3.8) is 0 Å². The van der Waals surface area contributed by atoms with Crippen molar-refractivity contribution in [1.82, 2.24) is 15.1 Å². The maximum Gasteiger partial charge on any atom is 0.244 e. The predicted octanol–water partition coefficient (Wildman–Crippen LogP) is 2.38. The van der Waals surface area contributed by atoms with Gasteiger partial charge in [0.2, 0.25) is 5.91 Å². The summed E-state index contributed by atoms with van der Waals surface area (Å²) in [5.74, 6) is -0.577. The summed E-state index contributed by atoms with van der Waals surface area (Å²) in [4.78, 5) is 11.9. The lowest BCUT2D eigenvalue weighted by molar-refractivity contribution is -0.116. The Hall–Kier alpha value is -2.43. The van der Waals surface area contributed by atoms with E-state index in [4.69, 9.17) is 0 Å². The van der Waals surface area contributed by atoms with Crippen LogP contribution in [0.15, 0.2) is 30.3 Å². The lowest BCUT2D eigenvalue weighted by Gasteiger charge is -2.05. The maximum atomic E-state index is 13.5. The van der Waals surface area contributed by atoms with E-state index in [0.29, 0.717) is 12.1 Å². The van der Waals surface area contributed by atoms with E-state index in [-0.39, 0.29) is 11.7 Å². The number of carbonyl (C=O) groups is 1. The van der Waals surface area contributed by atoms with E-state index in [2.05, 4.69) is 10.4 Å². The number of nitrogens with zero attached hydrogens (tertiary/aromatic N) is 2. The van der Waals surface area contributed by atoms with Crippen molar-refractivity contribution in [1.29, 1.82) is 0 Å². The molecule has 0 saturated carbocycles. The minimum Gasteiger partial charge on any atom is -0.347 e. The van der Waals surface area contributed by atoms with Crippen LogP contribution in [-0.2, 0) is 31.2 Å². The third kappa shape index (κ3) is 2.93. The minimum absolute atomic E-state index is 0.240. The average molecular weight is 299 g/mol. The fourth-order valence-corrected chi connectivity index (χ4v) is 2.81. The van der Waals surface area contributed by atoms with Gasteiger partial charge in [-0.1, -0.05) is 18.2 Å². The first-order valence-electron chi connectivity index (χ1n) is 7.39. The molecular weight excluding hydrogens is 281 g/mol. The molecule has 5 heteroatoms. The molecule has 1 aromatic heterocycles. The Balaban J connectivity index is 1.63. The lowest BCUT2D eigenvalue weighted by Crippen LogP contribution is -2.22. The smallest absolute Gasteiger partial charge is 0.244 e. The Labute approximate surface area is 128 Å². The van der Waals surface area contributed by atoms with Gasteiger partial charge in [0.1, 0.15) is 5.82 Å². The van der Waals surface area contributed by atoms with E-state index in [1.165, 1.54) is 23.8 Å². The highest BCUT2D eigenvalue weighted by atomic mass is 19.1. The van der Waals surface area contributed by atoms with E-state index in [1.807, 2.05) is 11.7 Å². The van der Waals surface area contributed by atoms with Crippen LogP contribution >= 0.6 is 0 Å². The second kappa shape index (κ2) is 6.13. The van der Waals surface area contributed by atoms with Crippen LogP contribution in [0.25, 0.3) is 6.08 Å². The number of rotatable bonds is 4. The van der Waals surface area contributed by atoms with Crippen LogP contribution in [0.2, 0.25) is 0 Å². The Bertz CT molecular complexity index is 734. The number of nitrogens with one attached hydrogen (secondary N) is 1. The predicted molar refractivity (Wildman–Crippen MR) is 82.5 cm³/mol. The summed E-state index contributed by atoms with van der Waals surface area (Å²) in [6, 6.07) is 6.36. The third-order valence-electron chi connectivity index (χ3n) is 3.95. The highest BCUT2D eigenvalue weighted by Gasteiger charge is 2.20. The number of hydrogen-bond donors (Lipinski definition) is 1. The number of aromatic nitrogens is 2. The molecule has 0 fully saturated rings. The maximum absolute atomic E-state index is 13.5. The molecule has 114 valence electrons. The minimum atomic E-state index is -0.337. The molecule has 0 radical (unpaired) electrons. The van der Waals surface area contributed by atoms with Crippen molar-refractivity contribution < 1.29 is 9.18 Å². The summed E-state index contributed by atoms with van der Waals surface area (Å²) in [7, 11) is 1.90. The zero-order chi connectivity index (χ0) is 15.5. The molecule has 0 unspecified atom stereocenters. The molecule has 22 heavy (non-hydrogen) atoms. The molecule has 2 aromatic rings. The summed E-state index contributed by atoms with van der Waals surface area (Å²) >= 11 is 0. The van der Waals surface area contributed by atoms with Crippen molar-refractivity contribution in [2.24, 2.45) is 7.05 Å². The van der Waals surface area contributed by atoms with Crippen LogP contribution in [0.1, 0.15) is 28.9 Å². The first kappa shape index (κ1) is 14.5. The Morgan fingerprint density at radius 3 is 3.05 bits per heavy atom. The number of benzene rings is 1. The Kier molecular flexibility index (Phi) is 4.04. The summed E-state index contributed by atoms with van der Waals surface area (Å²) in [6.45, 7) is 0.444.